The van der Waals surface area contributed by atoms with Crippen molar-refractivity contribution in [1.82, 2.24) is 15.1 Å². The summed E-state index contributed by atoms with van der Waals surface area (Å²) in [5.74, 6) is 1.14. The van der Waals surface area contributed by atoms with Crippen molar-refractivity contribution in [2.75, 3.05) is 39.3 Å². The van der Waals surface area contributed by atoms with Crippen LogP contribution in [0.3, 0.4) is 0 Å². The smallest absolute Gasteiger partial charge is 0.225 e. The molecule has 1 atom stereocenters. The summed E-state index contributed by atoms with van der Waals surface area (Å²) >= 11 is 0. The highest BCUT2D eigenvalue weighted by Gasteiger charge is 2.33. The van der Waals surface area contributed by atoms with E-state index in [1.807, 2.05) is 0 Å². The second-order valence-electron chi connectivity index (χ2n) is 5.98. The Hall–Kier alpha value is -0.610. The van der Waals surface area contributed by atoms with Gasteiger partial charge < -0.3 is 15.1 Å². The number of amides is 1. The van der Waals surface area contributed by atoms with Crippen LogP contribution in [0.4, 0.5) is 0 Å². The van der Waals surface area contributed by atoms with Gasteiger partial charge in [-0.05, 0) is 44.9 Å². The predicted octanol–water partition coefficient (Wildman–Crippen LogP) is 1.17. The number of carbonyl (C=O) groups is 1. The number of likely N-dealkylation sites (tertiary alicyclic amines) is 1. The Morgan fingerprint density at radius 2 is 1.84 bits per heavy atom. The van der Waals surface area contributed by atoms with Gasteiger partial charge in [0.25, 0.3) is 0 Å². The maximum atomic E-state index is 12.4. The fourth-order valence-electron chi connectivity index (χ4n) is 3.35. The maximum absolute atomic E-state index is 12.4. The number of carbonyl (C=O) groups excluding carboxylic acids is 1. The van der Waals surface area contributed by atoms with Gasteiger partial charge in [0.15, 0.2) is 0 Å². The average Bonchev–Trinajstić information content (AvgIpc) is 2.38. The van der Waals surface area contributed by atoms with Crippen LogP contribution in [0.1, 0.15) is 33.6 Å². The molecule has 2 heterocycles. The normalized spacial score (nSPS) is 23.5. The second kappa shape index (κ2) is 6.71. The highest BCUT2D eigenvalue weighted by atomic mass is 16.2. The highest BCUT2D eigenvalue weighted by molar-refractivity contribution is 5.79. The van der Waals surface area contributed by atoms with E-state index >= 15 is 0 Å². The summed E-state index contributed by atoms with van der Waals surface area (Å²) in [6, 6.07) is 0.680. The molecule has 19 heavy (non-hydrogen) atoms. The quantitative estimate of drug-likeness (QED) is 0.812. The van der Waals surface area contributed by atoms with Gasteiger partial charge in [-0.15, -0.1) is 0 Å². The Labute approximate surface area is 117 Å². The van der Waals surface area contributed by atoms with Crippen molar-refractivity contribution in [1.29, 1.82) is 0 Å². The van der Waals surface area contributed by atoms with Gasteiger partial charge in [-0.25, -0.2) is 0 Å². The molecular formula is C15H29N3O. The summed E-state index contributed by atoms with van der Waals surface area (Å²) in [6.07, 6.45) is 2.28. The Bertz CT molecular complexity index is 292. The van der Waals surface area contributed by atoms with Gasteiger partial charge in [0.1, 0.15) is 0 Å². The fourth-order valence-corrected chi connectivity index (χ4v) is 3.35. The molecule has 0 aromatic rings. The van der Waals surface area contributed by atoms with Crippen molar-refractivity contribution >= 4 is 5.91 Å². The van der Waals surface area contributed by atoms with Crippen molar-refractivity contribution in [3.05, 3.63) is 0 Å². The molecule has 0 saturated carbocycles. The van der Waals surface area contributed by atoms with Crippen LogP contribution < -0.4 is 5.32 Å². The fraction of sp³-hybridized carbons (Fsp3) is 0.933. The van der Waals surface area contributed by atoms with E-state index in [0.717, 1.165) is 52.1 Å². The molecule has 4 nitrogen and oxygen atoms in total. The van der Waals surface area contributed by atoms with Gasteiger partial charge in [-0.2, -0.15) is 0 Å². The molecular weight excluding hydrogens is 238 g/mol. The van der Waals surface area contributed by atoms with E-state index in [1.165, 1.54) is 0 Å². The van der Waals surface area contributed by atoms with Crippen LogP contribution in [0.25, 0.3) is 0 Å². The van der Waals surface area contributed by atoms with E-state index in [9.17, 15) is 4.79 Å². The number of hydrogen-bond acceptors (Lipinski definition) is 3. The number of hydrogen-bond donors (Lipinski definition) is 1. The van der Waals surface area contributed by atoms with E-state index < -0.39 is 0 Å². The zero-order chi connectivity index (χ0) is 13.8. The molecule has 1 amide bonds. The van der Waals surface area contributed by atoms with E-state index in [4.69, 9.17) is 0 Å². The molecule has 2 aliphatic heterocycles. The highest BCUT2D eigenvalue weighted by Crippen LogP contribution is 2.22. The third-order valence-electron chi connectivity index (χ3n) is 5.01. The average molecular weight is 267 g/mol. The Kier molecular flexibility index (Phi) is 5.22. The van der Waals surface area contributed by atoms with Gasteiger partial charge in [-0.1, -0.05) is 20.8 Å². The molecule has 2 aliphatic rings. The predicted molar refractivity (Wildman–Crippen MR) is 78.0 cm³/mol. The van der Waals surface area contributed by atoms with Gasteiger partial charge in [0.05, 0.1) is 0 Å². The molecule has 1 N–H and O–H groups in total. The van der Waals surface area contributed by atoms with Crippen LogP contribution >= 0.6 is 0 Å². The minimum Gasteiger partial charge on any atom is -0.342 e. The minimum atomic E-state index is 0.200. The van der Waals surface area contributed by atoms with Crippen LogP contribution in [0, 0.1) is 11.8 Å². The molecule has 2 fully saturated rings. The Morgan fingerprint density at radius 1 is 1.26 bits per heavy atom. The number of nitrogens with zero attached hydrogens (tertiary/aromatic N) is 2. The van der Waals surface area contributed by atoms with Gasteiger partial charge in [0, 0.05) is 25.0 Å². The number of piperidine rings is 1. The summed E-state index contributed by atoms with van der Waals surface area (Å²) in [7, 11) is 0. The number of nitrogens with one attached hydrogen (secondary N) is 1. The minimum absolute atomic E-state index is 0.200. The monoisotopic (exact) mass is 267 g/mol. The molecule has 0 aromatic carbocycles. The lowest BCUT2D eigenvalue weighted by atomic mass is 9.87. The first kappa shape index (κ1) is 14.8. The summed E-state index contributed by atoms with van der Waals surface area (Å²) < 4.78 is 0. The molecule has 1 unspecified atom stereocenters. The molecule has 2 rings (SSSR count). The van der Waals surface area contributed by atoms with E-state index in [0.29, 0.717) is 17.9 Å². The van der Waals surface area contributed by atoms with E-state index in [1.54, 1.807) is 0 Å². The van der Waals surface area contributed by atoms with Crippen molar-refractivity contribution in [3.8, 4) is 0 Å². The van der Waals surface area contributed by atoms with Crippen molar-refractivity contribution < 1.29 is 4.79 Å². The largest absolute Gasteiger partial charge is 0.342 e. The molecule has 2 saturated heterocycles. The topological polar surface area (TPSA) is 35.6 Å². The summed E-state index contributed by atoms with van der Waals surface area (Å²) in [4.78, 5) is 17.1. The lowest BCUT2D eigenvalue weighted by molar-refractivity contribution is -0.139. The molecule has 0 bridgehead atoms. The van der Waals surface area contributed by atoms with Crippen molar-refractivity contribution in [2.45, 2.75) is 39.7 Å². The molecule has 110 valence electrons. The number of rotatable bonds is 5. The zero-order valence-electron chi connectivity index (χ0n) is 12.7. The third kappa shape index (κ3) is 3.29. The maximum Gasteiger partial charge on any atom is 0.225 e. The van der Waals surface area contributed by atoms with Gasteiger partial charge in [-0.3, -0.25) is 4.79 Å². The van der Waals surface area contributed by atoms with Crippen LogP contribution in [-0.4, -0.2) is 61.0 Å². The van der Waals surface area contributed by atoms with Crippen LogP contribution in [0.2, 0.25) is 0 Å². The van der Waals surface area contributed by atoms with Crippen LogP contribution in [0.15, 0.2) is 0 Å². The zero-order valence-corrected chi connectivity index (χ0v) is 12.7. The van der Waals surface area contributed by atoms with Crippen LogP contribution in [0.5, 0.6) is 0 Å². The lowest BCUT2D eigenvalue weighted by Crippen LogP contribution is -2.53. The second-order valence-corrected chi connectivity index (χ2v) is 5.98. The first-order valence-electron chi connectivity index (χ1n) is 7.90. The molecule has 0 aromatic heterocycles. The molecule has 0 radical (unpaired) electrons. The first-order valence-corrected chi connectivity index (χ1v) is 7.90. The molecule has 0 aliphatic carbocycles. The van der Waals surface area contributed by atoms with E-state index in [-0.39, 0.29) is 5.92 Å². The SMILES string of the molecule is CCN(CC)C1CCN(C(=O)C(C)C2CNC2)CC1. The summed E-state index contributed by atoms with van der Waals surface area (Å²) in [5.41, 5.74) is 0. The first-order chi connectivity index (χ1) is 9.17. The Balaban J connectivity index is 1.80. The molecule has 4 heteroatoms. The lowest BCUT2D eigenvalue weighted by Gasteiger charge is -2.40. The Morgan fingerprint density at radius 3 is 2.26 bits per heavy atom. The standard InChI is InChI=1S/C15H29N3O/c1-4-17(5-2)14-6-8-18(9-7-14)15(19)12(3)13-10-16-11-13/h12-14,16H,4-11H2,1-3H3. The summed E-state index contributed by atoms with van der Waals surface area (Å²) in [6.45, 7) is 12.7. The molecule has 0 spiro atoms. The van der Waals surface area contributed by atoms with Crippen molar-refractivity contribution in [3.63, 3.8) is 0 Å². The van der Waals surface area contributed by atoms with Gasteiger partial charge in [0.2, 0.25) is 5.91 Å². The third-order valence-corrected chi connectivity index (χ3v) is 5.01. The van der Waals surface area contributed by atoms with Gasteiger partial charge >= 0.3 is 0 Å². The van der Waals surface area contributed by atoms with Crippen LogP contribution in [-0.2, 0) is 4.79 Å². The van der Waals surface area contributed by atoms with E-state index in [2.05, 4.69) is 35.9 Å². The summed E-state index contributed by atoms with van der Waals surface area (Å²) in [5, 5.41) is 3.26. The van der Waals surface area contributed by atoms with Crippen molar-refractivity contribution in [2.24, 2.45) is 11.8 Å².